The van der Waals surface area contributed by atoms with Crippen LogP contribution in [-0.2, 0) is 0 Å². The van der Waals surface area contributed by atoms with Gasteiger partial charge in [0.2, 0.25) is 0 Å². The van der Waals surface area contributed by atoms with Gasteiger partial charge in [0.05, 0.1) is 27.8 Å². The van der Waals surface area contributed by atoms with Crippen LogP contribution in [0.5, 0.6) is 0 Å². The highest BCUT2D eigenvalue weighted by Gasteiger charge is 2.22. The Morgan fingerprint density at radius 1 is 0.375 bits per heavy atom. The zero-order valence-corrected chi connectivity index (χ0v) is 26.1. The molecule has 3 heteroatoms. The molecular formula is C45H29N3. The summed E-state index contributed by atoms with van der Waals surface area (Å²) in [6.07, 6.45) is 0. The number of hydrogen-bond donors (Lipinski definition) is 0. The van der Waals surface area contributed by atoms with Gasteiger partial charge in [-0.15, -0.1) is 0 Å². The average Bonchev–Trinajstić information content (AvgIpc) is 3.68. The molecule has 0 amide bonds. The third-order valence-electron chi connectivity index (χ3n) is 9.68. The first-order valence-electron chi connectivity index (χ1n) is 16.4. The van der Waals surface area contributed by atoms with Gasteiger partial charge in [-0.25, -0.2) is 4.98 Å². The number of fused-ring (bicyclic) bond motifs is 8. The lowest BCUT2D eigenvalue weighted by Crippen LogP contribution is -2.00. The summed E-state index contributed by atoms with van der Waals surface area (Å²) in [6.45, 7) is 0. The van der Waals surface area contributed by atoms with E-state index in [0.717, 1.165) is 39.2 Å². The minimum atomic E-state index is 0.936. The van der Waals surface area contributed by atoms with Crippen molar-refractivity contribution in [1.82, 2.24) is 14.1 Å². The second-order valence-corrected chi connectivity index (χ2v) is 12.4. The van der Waals surface area contributed by atoms with E-state index in [1.54, 1.807) is 0 Å². The van der Waals surface area contributed by atoms with Gasteiger partial charge < -0.3 is 4.57 Å². The molecule has 3 aromatic heterocycles. The highest BCUT2D eigenvalue weighted by Crippen LogP contribution is 2.43. The highest BCUT2D eigenvalue weighted by molar-refractivity contribution is 6.26. The van der Waals surface area contributed by atoms with Gasteiger partial charge in [-0.05, 0) is 52.9 Å². The Bertz CT molecular complexity index is 2820. The Hall–Kier alpha value is -6.45. The maximum atomic E-state index is 5.42. The topological polar surface area (TPSA) is 22.8 Å². The molecule has 0 aliphatic rings. The third-order valence-corrected chi connectivity index (χ3v) is 9.68. The average molecular weight is 612 g/mol. The number of rotatable bonds is 4. The Morgan fingerprint density at radius 3 is 1.79 bits per heavy atom. The van der Waals surface area contributed by atoms with E-state index in [0.29, 0.717) is 0 Å². The summed E-state index contributed by atoms with van der Waals surface area (Å²) in [5.74, 6) is 0.936. The Labute approximate surface area is 277 Å². The predicted octanol–water partition coefficient (Wildman–Crippen LogP) is 11.8. The highest BCUT2D eigenvalue weighted by atomic mass is 15.1. The van der Waals surface area contributed by atoms with Gasteiger partial charge in [-0.3, -0.25) is 4.57 Å². The van der Waals surface area contributed by atoms with Crippen LogP contribution in [0.3, 0.4) is 0 Å². The van der Waals surface area contributed by atoms with Crippen LogP contribution in [0.25, 0.3) is 88.3 Å². The molecule has 224 valence electrons. The summed E-state index contributed by atoms with van der Waals surface area (Å²) in [4.78, 5) is 5.42. The van der Waals surface area contributed by atoms with E-state index in [9.17, 15) is 0 Å². The Balaban J connectivity index is 1.35. The van der Waals surface area contributed by atoms with Gasteiger partial charge in [0.15, 0.2) is 0 Å². The van der Waals surface area contributed by atoms with Crippen LogP contribution >= 0.6 is 0 Å². The predicted molar refractivity (Wildman–Crippen MR) is 201 cm³/mol. The van der Waals surface area contributed by atoms with Crippen molar-refractivity contribution in [2.24, 2.45) is 0 Å². The first-order valence-corrected chi connectivity index (χ1v) is 16.4. The standard InChI is InChI=1S/C45H29N3/c1-3-14-30(15-4-1)32-19-13-20-34(28-32)47-40-24-11-9-22-36(40)37-26-27-42-43(44(37)47)38-23-10-12-25-41(38)48(42)45-35-21-8-7-18-33(35)29-39(46-45)31-16-5-2-6-17-31/h1-29H. The van der Waals surface area contributed by atoms with Crippen molar-refractivity contribution in [3.8, 4) is 33.9 Å². The summed E-state index contributed by atoms with van der Waals surface area (Å²) in [6, 6.07) is 63.0. The molecule has 0 saturated carbocycles. The lowest BCUT2D eigenvalue weighted by molar-refractivity contribution is 1.10. The molecule has 0 aliphatic heterocycles. The molecule has 0 spiro atoms. The van der Waals surface area contributed by atoms with E-state index in [-0.39, 0.29) is 0 Å². The van der Waals surface area contributed by atoms with Crippen LogP contribution in [0.15, 0.2) is 176 Å². The summed E-state index contributed by atoms with van der Waals surface area (Å²) >= 11 is 0. The van der Waals surface area contributed by atoms with E-state index >= 15 is 0 Å². The van der Waals surface area contributed by atoms with Crippen LogP contribution in [0, 0.1) is 0 Å². The lowest BCUT2D eigenvalue weighted by atomic mass is 10.0. The molecule has 0 bridgehead atoms. The number of aromatic nitrogens is 3. The van der Waals surface area contributed by atoms with E-state index < -0.39 is 0 Å². The number of hydrogen-bond acceptors (Lipinski definition) is 1. The van der Waals surface area contributed by atoms with E-state index in [1.807, 2.05) is 0 Å². The molecule has 0 unspecified atom stereocenters. The molecule has 10 rings (SSSR count). The summed E-state index contributed by atoms with van der Waals surface area (Å²) in [5, 5.41) is 7.20. The number of para-hydroxylation sites is 2. The zero-order valence-electron chi connectivity index (χ0n) is 26.1. The smallest absolute Gasteiger partial charge is 0.146 e. The van der Waals surface area contributed by atoms with Crippen LogP contribution < -0.4 is 0 Å². The molecule has 3 nitrogen and oxygen atoms in total. The Morgan fingerprint density at radius 2 is 1.00 bits per heavy atom. The maximum absolute atomic E-state index is 5.42. The van der Waals surface area contributed by atoms with Gasteiger partial charge >= 0.3 is 0 Å². The van der Waals surface area contributed by atoms with Gasteiger partial charge in [-0.1, -0.05) is 140 Å². The normalized spacial score (nSPS) is 11.8. The summed E-state index contributed by atoms with van der Waals surface area (Å²) in [5.41, 5.74) is 10.3. The molecule has 0 radical (unpaired) electrons. The molecular weight excluding hydrogens is 583 g/mol. The second kappa shape index (κ2) is 10.5. The second-order valence-electron chi connectivity index (χ2n) is 12.4. The molecule has 10 aromatic rings. The summed E-state index contributed by atoms with van der Waals surface area (Å²) < 4.78 is 4.84. The maximum Gasteiger partial charge on any atom is 0.146 e. The van der Waals surface area contributed by atoms with Crippen LogP contribution in [-0.4, -0.2) is 14.1 Å². The third kappa shape index (κ3) is 3.98. The molecule has 0 atom stereocenters. The molecule has 48 heavy (non-hydrogen) atoms. The van der Waals surface area contributed by atoms with Gasteiger partial charge in [0.1, 0.15) is 5.82 Å². The van der Waals surface area contributed by atoms with Crippen molar-refractivity contribution in [3.63, 3.8) is 0 Å². The SMILES string of the molecule is c1ccc(-c2cccc(-n3c4ccccc4c4ccc5c(c6ccccc6n5-c5nc(-c6ccccc6)cc6ccccc56)c43)c2)cc1. The first-order chi connectivity index (χ1) is 23.8. The fourth-order valence-electron chi connectivity index (χ4n) is 7.57. The number of benzene rings is 7. The van der Waals surface area contributed by atoms with Crippen molar-refractivity contribution < 1.29 is 0 Å². The molecule has 0 N–H and O–H groups in total. The number of nitrogens with zero attached hydrogens (tertiary/aromatic N) is 3. The molecule has 7 aromatic carbocycles. The molecule has 0 saturated heterocycles. The van der Waals surface area contributed by atoms with E-state index in [4.69, 9.17) is 4.98 Å². The van der Waals surface area contributed by atoms with E-state index in [2.05, 4.69) is 185 Å². The largest absolute Gasteiger partial charge is 0.309 e. The quantitative estimate of drug-likeness (QED) is 0.194. The number of pyridine rings is 1. The van der Waals surface area contributed by atoms with Gasteiger partial charge in [0, 0.05) is 38.2 Å². The van der Waals surface area contributed by atoms with Crippen LogP contribution in [0.4, 0.5) is 0 Å². The van der Waals surface area contributed by atoms with Crippen molar-refractivity contribution in [2.45, 2.75) is 0 Å². The van der Waals surface area contributed by atoms with Gasteiger partial charge in [-0.2, -0.15) is 0 Å². The van der Waals surface area contributed by atoms with Gasteiger partial charge in [0.25, 0.3) is 0 Å². The minimum Gasteiger partial charge on any atom is -0.309 e. The fraction of sp³-hybridized carbons (Fsp3) is 0. The van der Waals surface area contributed by atoms with Crippen LogP contribution in [0.2, 0.25) is 0 Å². The van der Waals surface area contributed by atoms with Crippen molar-refractivity contribution >= 4 is 54.4 Å². The molecule has 3 heterocycles. The van der Waals surface area contributed by atoms with Crippen LogP contribution in [0.1, 0.15) is 0 Å². The molecule has 0 aliphatic carbocycles. The first kappa shape index (κ1) is 26.7. The minimum absolute atomic E-state index is 0.936. The fourth-order valence-corrected chi connectivity index (χ4v) is 7.57. The van der Waals surface area contributed by atoms with Crippen molar-refractivity contribution in [1.29, 1.82) is 0 Å². The monoisotopic (exact) mass is 611 g/mol. The van der Waals surface area contributed by atoms with E-state index in [1.165, 1.54) is 49.1 Å². The zero-order chi connectivity index (χ0) is 31.6. The summed E-state index contributed by atoms with van der Waals surface area (Å²) in [7, 11) is 0. The molecule has 0 fully saturated rings. The van der Waals surface area contributed by atoms with Crippen molar-refractivity contribution in [2.75, 3.05) is 0 Å². The lowest BCUT2D eigenvalue weighted by Gasteiger charge is -2.14. The van der Waals surface area contributed by atoms with Crippen molar-refractivity contribution in [3.05, 3.63) is 176 Å². The Kier molecular flexibility index (Phi) is 5.87.